The molecule has 1 fully saturated rings. The predicted molar refractivity (Wildman–Crippen MR) is 117 cm³/mol. The number of rotatable bonds is 6. The topological polar surface area (TPSA) is 62.2 Å². The second kappa shape index (κ2) is 8.62. The number of benzene rings is 1. The highest BCUT2D eigenvalue weighted by atomic mass is 32.1. The number of amides is 1. The first-order chi connectivity index (χ1) is 14.5. The number of carbonyl (C=O) groups excluding carboxylic acids is 1. The Bertz CT molecular complexity index is 1040. The lowest BCUT2D eigenvalue weighted by Gasteiger charge is -2.28. The second-order valence-corrected chi connectivity index (χ2v) is 7.56. The van der Waals surface area contributed by atoms with Gasteiger partial charge in [-0.2, -0.15) is 0 Å². The Kier molecular flexibility index (Phi) is 5.76. The molecule has 0 aliphatic carbocycles. The Labute approximate surface area is 179 Å². The van der Waals surface area contributed by atoms with Crippen molar-refractivity contribution in [3.8, 4) is 0 Å². The number of carbonyl (C=O) groups is 1. The molecule has 0 bridgehead atoms. The van der Waals surface area contributed by atoms with Gasteiger partial charge in [0.05, 0.1) is 17.8 Å². The standard InChI is InChI=1S/C22H22FN5OS/c1-27-13-4-6-18(27)21-20(17-5-2-3-12-24-17)26-22(30)28(21)14-11-19(29)25-16-9-7-15(23)8-10-16/h2-10,12-13,20-21H,11,14H2,1H3,(H,25,29)(H,26,30). The summed E-state index contributed by atoms with van der Waals surface area (Å²) < 4.78 is 15.1. The molecular weight excluding hydrogens is 401 g/mol. The van der Waals surface area contributed by atoms with Gasteiger partial charge in [-0.15, -0.1) is 0 Å². The van der Waals surface area contributed by atoms with E-state index in [1.165, 1.54) is 12.1 Å². The van der Waals surface area contributed by atoms with Crippen LogP contribution in [-0.4, -0.2) is 32.0 Å². The number of halogens is 1. The zero-order valence-corrected chi connectivity index (χ0v) is 17.3. The molecule has 2 unspecified atom stereocenters. The molecule has 0 spiro atoms. The number of nitrogens with one attached hydrogen (secondary N) is 2. The van der Waals surface area contributed by atoms with E-state index in [1.54, 1.807) is 18.3 Å². The smallest absolute Gasteiger partial charge is 0.226 e. The number of hydrogen-bond acceptors (Lipinski definition) is 3. The zero-order valence-electron chi connectivity index (χ0n) is 16.5. The minimum Gasteiger partial charge on any atom is -0.353 e. The first kappa shape index (κ1) is 20.0. The largest absolute Gasteiger partial charge is 0.353 e. The van der Waals surface area contributed by atoms with E-state index < -0.39 is 0 Å². The van der Waals surface area contributed by atoms with E-state index in [4.69, 9.17) is 12.2 Å². The lowest BCUT2D eigenvalue weighted by molar-refractivity contribution is -0.116. The molecule has 1 saturated heterocycles. The van der Waals surface area contributed by atoms with Crippen molar-refractivity contribution in [3.05, 3.63) is 84.2 Å². The quantitative estimate of drug-likeness (QED) is 0.594. The van der Waals surface area contributed by atoms with Crippen LogP contribution in [0.2, 0.25) is 0 Å². The first-order valence-corrected chi connectivity index (χ1v) is 10.1. The number of nitrogens with zero attached hydrogens (tertiary/aromatic N) is 3. The average Bonchev–Trinajstić information content (AvgIpc) is 3.31. The number of aryl methyl sites for hydroxylation is 1. The van der Waals surface area contributed by atoms with Crippen LogP contribution in [0.3, 0.4) is 0 Å². The summed E-state index contributed by atoms with van der Waals surface area (Å²) in [6.45, 7) is 0.443. The number of aromatic nitrogens is 2. The monoisotopic (exact) mass is 423 g/mol. The number of hydrogen-bond donors (Lipinski definition) is 2. The molecular formula is C22H22FN5OS. The maximum atomic E-state index is 13.1. The highest BCUT2D eigenvalue weighted by molar-refractivity contribution is 7.80. The molecule has 0 radical (unpaired) electrons. The van der Waals surface area contributed by atoms with Crippen molar-refractivity contribution in [1.82, 2.24) is 19.8 Å². The molecule has 3 heterocycles. The van der Waals surface area contributed by atoms with E-state index >= 15 is 0 Å². The first-order valence-electron chi connectivity index (χ1n) is 9.67. The summed E-state index contributed by atoms with van der Waals surface area (Å²) in [5, 5.41) is 6.76. The predicted octanol–water partition coefficient (Wildman–Crippen LogP) is 3.56. The molecule has 3 aromatic rings. The SMILES string of the molecule is Cn1cccc1C1C(c2ccccn2)NC(=S)N1CCC(=O)Nc1ccc(F)cc1. The molecule has 2 N–H and O–H groups in total. The van der Waals surface area contributed by atoms with Gasteiger partial charge in [0.1, 0.15) is 5.82 Å². The summed E-state index contributed by atoms with van der Waals surface area (Å²) in [6, 6.07) is 15.4. The van der Waals surface area contributed by atoms with Gasteiger partial charge in [0.2, 0.25) is 5.91 Å². The summed E-state index contributed by atoms with van der Waals surface area (Å²) >= 11 is 5.61. The molecule has 1 aromatic carbocycles. The second-order valence-electron chi connectivity index (χ2n) is 7.17. The molecule has 1 aliphatic heterocycles. The van der Waals surface area contributed by atoms with E-state index in [1.807, 2.05) is 42.4 Å². The van der Waals surface area contributed by atoms with Crippen molar-refractivity contribution in [2.24, 2.45) is 7.05 Å². The van der Waals surface area contributed by atoms with Crippen LogP contribution >= 0.6 is 12.2 Å². The normalized spacial score (nSPS) is 18.3. The molecule has 4 rings (SSSR count). The Morgan fingerprint density at radius 3 is 2.67 bits per heavy atom. The van der Waals surface area contributed by atoms with Gasteiger partial charge in [0.25, 0.3) is 0 Å². The molecule has 8 heteroatoms. The highest BCUT2D eigenvalue weighted by Crippen LogP contribution is 2.38. The summed E-state index contributed by atoms with van der Waals surface area (Å²) in [7, 11) is 1.99. The van der Waals surface area contributed by atoms with E-state index in [0.717, 1.165) is 11.4 Å². The van der Waals surface area contributed by atoms with Crippen molar-refractivity contribution in [2.45, 2.75) is 18.5 Å². The van der Waals surface area contributed by atoms with Gasteiger partial charge in [-0.25, -0.2) is 4.39 Å². The molecule has 2 aromatic heterocycles. The van der Waals surface area contributed by atoms with Crippen molar-refractivity contribution in [2.75, 3.05) is 11.9 Å². The van der Waals surface area contributed by atoms with Crippen LogP contribution in [0, 0.1) is 5.82 Å². The fourth-order valence-corrected chi connectivity index (χ4v) is 4.06. The van der Waals surface area contributed by atoms with Gasteiger partial charge in [0, 0.05) is 43.8 Å². The lowest BCUT2D eigenvalue weighted by Crippen LogP contribution is -2.33. The van der Waals surface area contributed by atoms with E-state index in [-0.39, 0.29) is 30.2 Å². The number of anilines is 1. The molecule has 154 valence electrons. The van der Waals surface area contributed by atoms with Crippen LogP contribution in [0.4, 0.5) is 10.1 Å². The maximum Gasteiger partial charge on any atom is 0.226 e. The van der Waals surface area contributed by atoms with Gasteiger partial charge < -0.3 is 20.1 Å². The van der Waals surface area contributed by atoms with E-state index in [2.05, 4.69) is 26.3 Å². The zero-order chi connectivity index (χ0) is 21.1. The fraction of sp³-hybridized carbons (Fsp3) is 0.227. The molecule has 30 heavy (non-hydrogen) atoms. The van der Waals surface area contributed by atoms with Crippen LogP contribution < -0.4 is 10.6 Å². The maximum absolute atomic E-state index is 13.1. The Morgan fingerprint density at radius 2 is 2.00 bits per heavy atom. The minimum atomic E-state index is -0.340. The van der Waals surface area contributed by atoms with Gasteiger partial charge >= 0.3 is 0 Å². The number of pyridine rings is 1. The van der Waals surface area contributed by atoms with Crippen LogP contribution in [0.1, 0.15) is 29.9 Å². The molecule has 1 amide bonds. The van der Waals surface area contributed by atoms with Crippen molar-refractivity contribution in [1.29, 1.82) is 0 Å². The van der Waals surface area contributed by atoms with Gasteiger partial charge in [-0.3, -0.25) is 9.78 Å². The van der Waals surface area contributed by atoms with Crippen molar-refractivity contribution in [3.63, 3.8) is 0 Å². The summed E-state index contributed by atoms with van der Waals surface area (Å²) in [5.41, 5.74) is 2.54. The summed E-state index contributed by atoms with van der Waals surface area (Å²) in [5.74, 6) is -0.496. The molecule has 0 saturated carbocycles. The summed E-state index contributed by atoms with van der Waals surface area (Å²) in [4.78, 5) is 19.0. The van der Waals surface area contributed by atoms with Crippen molar-refractivity contribution >= 4 is 28.9 Å². The van der Waals surface area contributed by atoms with E-state index in [0.29, 0.717) is 17.3 Å². The van der Waals surface area contributed by atoms with Gasteiger partial charge in [-0.05, 0) is 60.7 Å². The molecule has 6 nitrogen and oxygen atoms in total. The van der Waals surface area contributed by atoms with Crippen molar-refractivity contribution < 1.29 is 9.18 Å². The third-order valence-corrected chi connectivity index (χ3v) is 5.54. The summed E-state index contributed by atoms with van der Waals surface area (Å²) in [6.07, 6.45) is 4.00. The van der Waals surface area contributed by atoms with Gasteiger partial charge in [-0.1, -0.05) is 6.07 Å². The number of thiocarbonyl (C=S) groups is 1. The highest BCUT2D eigenvalue weighted by Gasteiger charge is 2.40. The average molecular weight is 424 g/mol. The van der Waals surface area contributed by atoms with Crippen LogP contribution in [-0.2, 0) is 11.8 Å². The molecule has 1 aliphatic rings. The van der Waals surface area contributed by atoms with Crippen LogP contribution in [0.5, 0.6) is 0 Å². The Morgan fingerprint density at radius 1 is 1.20 bits per heavy atom. The van der Waals surface area contributed by atoms with Crippen LogP contribution in [0.15, 0.2) is 67.0 Å². The lowest BCUT2D eigenvalue weighted by atomic mass is 10.0. The van der Waals surface area contributed by atoms with E-state index in [9.17, 15) is 9.18 Å². The Hall–Kier alpha value is -3.26. The third kappa shape index (κ3) is 4.18. The molecule has 2 atom stereocenters. The fourth-order valence-electron chi connectivity index (χ4n) is 3.73. The third-order valence-electron chi connectivity index (χ3n) is 5.19. The minimum absolute atomic E-state index is 0.0916. The Balaban J connectivity index is 1.52. The van der Waals surface area contributed by atoms with Gasteiger partial charge in [0.15, 0.2) is 5.11 Å². The van der Waals surface area contributed by atoms with Crippen LogP contribution in [0.25, 0.3) is 0 Å².